The molecule has 1 aromatic heterocycles. The van der Waals surface area contributed by atoms with Crippen LogP contribution in [0.3, 0.4) is 0 Å². The van der Waals surface area contributed by atoms with Crippen molar-refractivity contribution in [1.82, 2.24) is 14.2 Å². The molecule has 4 atom stereocenters. The number of aromatic nitrogens is 2. The number of aromatic amines is 1. The van der Waals surface area contributed by atoms with Gasteiger partial charge in [-0.3, -0.25) is 23.8 Å². The number of nitrogens with one attached hydrogen (secondary N) is 1. The van der Waals surface area contributed by atoms with Crippen molar-refractivity contribution < 1.29 is 33.4 Å². The van der Waals surface area contributed by atoms with E-state index in [1.54, 1.807) is 32.5 Å². The van der Waals surface area contributed by atoms with Gasteiger partial charge in [-0.25, -0.2) is 4.79 Å². The zero-order chi connectivity index (χ0) is 42.8. The maximum absolute atomic E-state index is 14.5. The number of aryl methyl sites for hydroxylation is 1. The van der Waals surface area contributed by atoms with E-state index < -0.39 is 42.5 Å². The van der Waals surface area contributed by atoms with E-state index in [4.69, 9.17) is 23.5 Å². The third-order valence-electron chi connectivity index (χ3n) is 11.0. The number of hydrogen-bond donors (Lipinski definition) is 1. The SMILES string of the molecule is COc1ccc(C(OC[C@]2(C[C@@H]([O-])OP(SCCSC(=O)c3ccccc3)N3CCCC3)CC[C@H](n3cc(C)c(=O)[nH]c3=O)O2)(c2ccccc2)c2ccc(OC)cc2)cc1. The first-order valence-corrected chi connectivity index (χ1v) is 24.1. The number of benzene rings is 4. The Morgan fingerprint density at radius 3 is 2.08 bits per heavy atom. The van der Waals surface area contributed by atoms with E-state index in [9.17, 15) is 19.5 Å². The highest BCUT2D eigenvalue weighted by atomic mass is 32.7. The fourth-order valence-corrected chi connectivity index (χ4v) is 12.9. The Labute approximate surface area is 365 Å². The fraction of sp³-hybridized carbons (Fsp3) is 0.370. The molecule has 0 aliphatic carbocycles. The van der Waals surface area contributed by atoms with E-state index >= 15 is 0 Å². The summed E-state index contributed by atoms with van der Waals surface area (Å²) in [5.74, 6) is 2.57. The average molecular weight is 885 g/mol. The number of H-pyrrole nitrogens is 1. The highest BCUT2D eigenvalue weighted by molar-refractivity contribution is 8.53. The zero-order valence-electron chi connectivity index (χ0n) is 34.5. The molecule has 0 radical (unpaired) electrons. The van der Waals surface area contributed by atoms with Crippen LogP contribution in [-0.4, -0.2) is 76.6 Å². The number of carbonyl (C=O) groups is 1. The molecule has 1 unspecified atom stereocenters. The first-order valence-electron chi connectivity index (χ1n) is 20.3. The maximum Gasteiger partial charge on any atom is 0.330 e. The lowest BCUT2D eigenvalue weighted by molar-refractivity contribution is -0.480. The molecule has 12 nitrogen and oxygen atoms in total. The minimum Gasteiger partial charge on any atom is -0.831 e. The number of hydrogen-bond acceptors (Lipinski definition) is 12. The Kier molecular flexibility index (Phi) is 15.2. The van der Waals surface area contributed by atoms with Crippen molar-refractivity contribution in [3.8, 4) is 11.5 Å². The summed E-state index contributed by atoms with van der Waals surface area (Å²) in [7, 11) is 1.89. The summed E-state index contributed by atoms with van der Waals surface area (Å²) in [6.07, 6.45) is 1.92. The Morgan fingerprint density at radius 1 is 0.885 bits per heavy atom. The largest absolute Gasteiger partial charge is 0.831 e. The molecule has 0 bridgehead atoms. The second-order valence-electron chi connectivity index (χ2n) is 15.0. The molecule has 322 valence electrons. The first-order chi connectivity index (χ1) is 29.6. The van der Waals surface area contributed by atoms with Crippen molar-refractivity contribution in [1.29, 1.82) is 0 Å². The summed E-state index contributed by atoms with van der Waals surface area (Å²) in [6, 6.07) is 34.5. The lowest BCUT2D eigenvalue weighted by Crippen LogP contribution is -2.46. The van der Waals surface area contributed by atoms with E-state index in [1.807, 2.05) is 109 Å². The van der Waals surface area contributed by atoms with Gasteiger partial charge in [0, 0.05) is 41.9 Å². The normalized spacial score (nSPS) is 19.1. The zero-order valence-corrected chi connectivity index (χ0v) is 37.1. The van der Waals surface area contributed by atoms with Gasteiger partial charge in [0.25, 0.3) is 5.56 Å². The van der Waals surface area contributed by atoms with Crippen LogP contribution in [0, 0.1) is 6.92 Å². The van der Waals surface area contributed by atoms with Gasteiger partial charge in [-0.1, -0.05) is 108 Å². The van der Waals surface area contributed by atoms with Crippen LogP contribution in [0.2, 0.25) is 0 Å². The molecule has 0 spiro atoms. The number of ether oxygens (including phenoxy) is 4. The van der Waals surface area contributed by atoms with Gasteiger partial charge in [0.15, 0.2) is 7.50 Å². The van der Waals surface area contributed by atoms with Gasteiger partial charge < -0.3 is 28.6 Å². The Bertz CT molecular complexity index is 2260. The summed E-state index contributed by atoms with van der Waals surface area (Å²) in [6.45, 7) is 3.23. The van der Waals surface area contributed by atoms with Crippen molar-refractivity contribution >= 4 is 35.8 Å². The van der Waals surface area contributed by atoms with Crippen molar-refractivity contribution in [2.24, 2.45) is 0 Å². The Balaban J connectivity index is 1.20. The highest BCUT2D eigenvalue weighted by Crippen LogP contribution is 2.57. The molecule has 5 aromatic rings. The fourth-order valence-electron chi connectivity index (χ4n) is 7.81. The Morgan fingerprint density at radius 2 is 1.48 bits per heavy atom. The van der Waals surface area contributed by atoms with Crippen LogP contribution in [-0.2, 0) is 19.6 Å². The molecule has 15 heteroatoms. The minimum absolute atomic E-state index is 0.0110. The summed E-state index contributed by atoms with van der Waals surface area (Å²) >= 11 is 2.85. The predicted molar refractivity (Wildman–Crippen MR) is 239 cm³/mol. The van der Waals surface area contributed by atoms with E-state index in [2.05, 4.69) is 9.65 Å². The van der Waals surface area contributed by atoms with Crippen LogP contribution in [0.1, 0.15) is 70.9 Å². The van der Waals surface area contributed by atoms with Crippen molar-refractivity contribution in [3.63, 3.8) is 0 Å². The van der Waals surface area contributed by atoms with Gasteiger partial charge in [0.05, 0.1) is 26.4 Å². The monoisotopic (exact) mass is 884 g/mol. The van der Waals surface area contributed by atoms with Crippen LogP contribution in [0.5, 0.6) is 11.5 Å². The molecular formula is C46H51N3O9PS2-. The summed E-state index contributed by atoms with van der Waals surface area (Å²) in [5.41, 5.74) is 0.00993. The molecule has 2 fully saturated rings. The molecule has 0 saturated carbocycles. The Hall–Kier alpha value is -4.24. The quantitative estimate of drug-likeness (QED) is 0.0377. The molecule has 7 rings (SSSR count). The summed E-state index contributed by atoms with van der Waals surface area (Å²) in [5, 5.41) is 14.5. The number of rotatable bonds is 19. The number of nitrogens with zero attached hydrogens (tertiary/aromatic N) is 2. The third-order valence-corrected chi connectivity index (χ3v) is 16.2. The second kappa shape index (κ2) is 20.8. The highest BCUT2D eigenvalue weighted by Gasteiger charge is 2.47. The van der Waals surface area contributed by atoms with Gasteiger partial charge in [-0.15, -0.1) is 0 Å². The minimum atomic E-state index is -1.51. The molecular weight excluding hydrogens is 834 g/mol. The number of methoxy groups -OCH3 is 2. The average Bonchev–Trinajstić information content (AvgIpc) is 3.99. The summed E-state index contributed by atoms with van der Waals surface area (Å²) in [4.78, 5) is 40.7. The molecule has 2 saturated heterocycles. The van der Waals surface area contributed by atoms with Crippen molar-refractivity contribution in [2.45, 2.75) is 62.7 Å². The second-order valence-corrected chi connectivity index (χ2v) is 19.7. The standard InChI is InChI=1S/C46H51N3O9PS2/c1-33-31-49(44(53)47-42(33)51)40-24-25-45(57-40,30-41(50)58-59(48-26-10-11-27-48)61-29-28-60-43(52)34-12-6-4-7-13-34)32-56-46(35-14-8-5-9-15-35,36-16-20-38(54-2)21-17-36)37-18-22-39(55-3)23-19-37/h4-9,12-23,31,40-41H,10-11,24-30,32H2,1-3H3,(H,47,51,53)/q-1/t40-,41+,45-,59?/m1/s1. The van der Waals surface area contributed by atoms with Crippen LogP contribution < -0.4 is 25.8 Å². The van der Waals surface area contributed by atoms with Crippen LogP contribution in [0.15, 0.2) is 125 Å². The van der Waals surface area contributed by atoms with Crippen LogP contribution in [0.25, 0.3) is 0 Å². The summed E-state index contributed by atoms with van der Waals surface area (Å²) < 4.78 is 35.4. The maximum atomic E-state index is 14.5. The predicted octanol–water partition coefficient (Wildman–Crippen LogP) is 7.64. The number of carbonyl (C=O) groups excluding carboxylic acids is 1. The third kappa shape index (κ3) is 10.7. The first kappa shape index (κ1) is 44.8. The molecule has 2 aliphatic rings. The molecule has 1 N–H and O–H groups in total. The van der Waals surface area contributed by atoms with E-state index in [1.165, 1.54) is 22.5 Å². The molecule has 3 heterocycles. The topological polar surface area (TPSA) is 144 Å². The lowest BCUT2D eigenvalue weighted by Gasteiger charge is -2.42. The van der Waals surface area contributed by atoms with Crippen molar-refractivity contribution in [2.75, 3.05) is 45.4 Å². The van der Waals surface area contributed by atoms with Crippen LogP contribution in [0.4, 0.5) is 0 Å². The van der Waals surface area contributed by atoms with E-state index in [0.717, 1.165) is 42.6 Å². The molecule has 61 heavy (non-hydrogen) atoms. The lowest BCUT2D eigenvalue weighted by atomic mass is 9.79. The van der Waals surface area contributed by atoms with Gasteiger partial charge >= 0.3 is 5.69 Å². The van der Waals surface area contributed by atoms with E-state index in [-0.39, 0.29) is 18.1 Å². The molecule has 2 aliphatic heterocycles. The van der Waals surface area contributed by atoms with Gasteiger partial charge in [-0.05, 0) is 86.3 Å². The number of thioether (sulfide) groups is 1. The van der Waals surface area contributed by atoms with Crippen molar-refractivity contribution in [3.05, 3.63) is 164 Å². The van der Waals surface area contributed by atoms with E-state index in [0.29, 0.717) is 47.0 Å². The molecule has 4 aromatic carbocycles. The van der Waals surface area contributed by atoms with Crippen LogP contribution >= 0.6 is 30.6 Å². The molecule has 0 amide bonds. The van der Waals surface area contributed by atoms with Gasteiger partial charge in [0.1, 0.15) is 23.3 Å². The van der Waals surface area contributed by atoms with Gasteiger partial charge in [-0.2, -0.15) is 0 Å². The smallest absolute Gasteiger partial charge is 0.330 e. The van der Waals surface area contributed by atoms with Gasteiger partial charge in [0.2, 0.25) is 5.12 Å².